The maximum Gasteiger partial charge on any atom is 0.311 e. The molecule has 190 valence electrons. The van der Waals surface area contributed by atoms with E-state index < -0.39 is 11.6 Å². The van der Waals surface area contributed by atoms with E-state index in [0.29, 0.717) is 0 Å². The lowest BCUT2D eigenvalue weighted by molar-refractivity contribution is -0.163. The highest BCUT2D eigenvalue weighted by molar-refractivity contribution is 5.77. The van der Waals surface area contributed by atoms with Crippen LogP contribution in [0.5, 0.6) is 0 Å². The average molecular weight is 474 g/mol. The molecule has 5 atom stereocenters. The Morgan fingerprint density at radius 3 is 2.62 bits per heavy atom. The van der Waals surface area contributed by atoms with Crippen molar-refractivity contribution in [2.24, 2.45) is 22.7 Å². The number of esters is 1. The van der Waals surface area contributed by atoms with E-state index in [1.165, 1.54) is 18.3 Å². The summed E-state index contributed by atoms with van der Waals surface area (Å²) in [5, 5.41) is 3.28. The van der Waals surface area contributed by atoms with Crippen molar-refractivity contribution in [1.82, 2.24) is 5.32 Å². The Morgan fingerprint density at radius 1 is 1.26 bits per heavy atom. The second-order valence-corrected chi connectivity index (χ2v) is 11.0. The molecule has 0 aliphatic heterocycles. The Hall–Kier alpha value is -1.92. The van der Waals surface area contributed by atoms with Gasteiger partial charge in [0.1, 0.15) is 6.29 Å². The van der Waals surface area contributed by atoms with Crippen LogP contribution in [0, 0.1) is 22.7 Å². The summed E-state index contributed by atoms with van der Waals surface area (Å²) in [7, 11) is 3.14. The molecule has 1 heterocycles. The van der Waals surface area contributed by atoms with Crippen molar-refractivity contribution in [3.05, 3.63) is 34.8 Å². The molecule has 0 bridgehead atoms. The fourth-order valence-electron chi connectivity index (χ4n) is 6.71. The van der Waals surface area contributed by atoms with Crippen LogP contribution in [0.15, 0.2) is 27.9 Å². The zero-order valence-electron chi connectivity index (χ0n) is 22.0. The third-order valence-corrected chi connectivity index (χ3v) is 8.70. The summed E-state index contributed by atoms with van der Waals surface area (Å²) < 4.78 is 16.8. The van der Waals surface area contributed by atoms with Crippen LogP contribution in [-0.4, -0.2) is 32.5 Å². The molecule has 6 nitrogen and oxygen atoms in total. The lowest BCUT2D eigenvalue weighted by Crippen LogP contribution is -2.50. The van der Waals surface area contributed by atoms with Crippen molar-refractivity contribution in [3.63, 3.8) is 0 Å². The SMILES string of the molecule is COC(=O)[C@@]1(C)CCC[C@]2(C)C(CCc3ccoc3C(NC(C=O)C(C)C)OC)=C(C)CC[C@@H]12. The summed E-state index contributed by atoms with van der Waals surface area (Å²) in [4.78, 5) is 24.4. The van der Waals surface area contributed by atoms with Crippen molar-refractivity contribution < 1.29 is 23.5 Å². The Bertz CT molecular complexity index is 902. The van der Waals surface area contributed by atoms with E-state index in [4.69, 9.17) is 13.9 Å². The van der Waals surface area contributed by atoms with Gasteiger partial charge in [0.15, 0.2) is 12.0 Å². The minimum atomic E-state index is -0.482. The number of methoxy groups -OCH3 is 2. The second kappa shape index (κ2) is 10.8. The number of aryl methyl sites for hydroxylation is 1. The highest BCUT2D eigenvalue weighted by Gasteiger charge is 2.55. The second-order valence-electron chi connectivity index (χ2n) is 11.0. The molecule has 0 amide bonds. The molecular formula is C28H43NO5. The van der Waals surface area contributed by atoms with Crippen LogP contribution in [-0.2, 0) is 25.5 Å². The first-order chi connectivity index (χ1) is 16.1. The number of furan rings is 1. The fourth-order valence-corrected chi connectivity index (χ4v) is 6.71. The molecular weight excluding hydrogens is 430 g/mol. The number of rotatable bonds is 10. The van der Waals surface area contributed by atoms with E-state index in [1.54, 1.807) is 13.4 Å². The first kappa shape index (κ1) is 26.7. The van der Waals surface area contributed by atoms with Gasteiger partial charge < -0.3 is 18.7 Å². The molecule has 0 saturated heterocycles. The molecule has 2 unspecified atom stereocenters. The fraction of sp³-hybridized carbons (Fsp3) is 0.714. The summed E-state index contributed by atoms with van der Waals surface area (Å²) in [5.41, 5.74) is 3.60. The van der Waals surface area contributed by atoms with Gasteiger partial charge in [-0.15, -0.1) is 0 Å². The molecule has 34 heavy (non-hydrogen) atoms. The normalized spacial score (nSPS) is 29.0. The van der Waals surface area contributed by atoms with Crippen LogP contribution >= 0.6 is 0 Å². The number of fused-ring (bicyclic) bond motifs is 1. The van der Waals surface area contributed by atoms with Crippen LogP contribution in [0.1, 0.15) is 90.7 Å². The molecule has 6 heteroatoms. The van der Waals surface area contributed by atoms with Crippen LogP contribution in [0.3, 0.4) is 0 Å². The number of carbonyl (C=O) groups is 2. The highest BCUT2D eigenvalue weighted by atomic mass is 16.5. The number of hydrogen-bond donors (Lipinski definition) is 1. The van der Waals surface area contributed by atoms with Crippen LogP contribution in [0.4, 0.5) is 0 Å². The van der Waals surface area contributed by atoms with Gasteiger partial charge in [0.05, 0.1) is 24.8 Å². The lowest BCUT2D eigenvalue weighted by Gasteiger charge is -2.54. The summed E-state index contributed by atoms with van der Waals surface area (Å²) in [6.45, 7) is 10.7. The zero-order chi connectivity index (χ0) is 25.1. The summed E-state index contributed by atoms with van der Waals surface area (Å²) >= 11 is 0. The van der Waals surface area contributed by atoms with Crippen molar-refractivity contribution in [3.8, 4) is 0 Å². The quantitative estimate of drug-likeness (QED) is 0.201. The van der Waals surface area contributed by atoms with Crippen molar-refractivity contribution in [2.75, 3.05) is 14.2 Å². The molecule has 0 radical (unpaired) electrons. The van der Waals surface area contributed by atoms with E-state index in [0.717, 1.165) is 62.6 Å². The van der Waals surface area contributed by atoms with Crippen molar-refractivity contribution >= 4 is 12.3 Å². The van der Waals surface area contributed by atoms with Gasteiger partial charge in [0.25, 0.3) is 0 Å². The number of nitrogens with one attached hydrogen (secondary N) is 1. The van der Waals surface area contributed by atoms with Crippen LogP contribution in [0.25, 0.3) is 0 Å². The largest absolute Gasteiger partial charge is 0.469 e. The summed E-state index contributed by atoms with van der Waals surface area (Å²) in [6.07, 6.45) is 8.98. The lowest BCUT2D eigenvalue weighted by atomic mass is 9.49. The average Bonchev–Trinajstić information content (AvgIpc) is 3.26. The number of allylic oxidation sites excluding steroid dienone is 2. The van der Waals surface area contributed by atoms with Crippen LogP contribution in [0.2, 0.25) is 0 Å². The van der Waals surface area contributed by atoms with E-state index >= 15 is 0 Å². The van der Waals surface area contributed by atoms with E-state index in [-0.39, 0.29) is 29.3 Å². The molecule has 1 fully saturated rings. The topological polar surface area (TPSA) is 77.8 Å². The zero-order valence-corrected chi connectivity index (χ0v) is 22.0. The Labute approximate surface area is 204 Å². The number of ether oxygens (including phenoxy) is 2. The third kappa shape index (κ3) is 4.90. The van der Waals surface area contributed by atoms with E-state index in [1.807, 2.05) is 19.9 Å². The minimum Gasteiger partial charge on any atom is -0.469 e. The minimum absolute atomic E-state index is 0.00736. The van der Waals surface area contributed by atoms with Crippen molar-refractivity contribution in [2.45, 2.75) is 91.8 Å². The smallest absolute Gasteiger partial charge is 0.311 e. The molecule has 1 aromatic heterocycles. The first-order valence-corrected chi connectivity index (χ1v) is 12.7. The van der Waals surface area contributed by atoms with E-state index in [9.17, 15) is 9.59 Å². The molecule has 1 aromatic rings. The van der Waals surface area contributed by atoms with Gasteiger partial charge in [-0.05, 0) is 81.3 Å². The molecule has 3 rings (SSSR count). The van der Waals surface area contributed by atoms with Gasteiger partial charge in [-0.3, -0.25) is 10.1 Å². The van der Waals surface area contributed by atoms with Crippen molar-refractivity contribution in [1.29, 1.82) is 0 Å². The van der Waals surface area contributed by atoms with Gasteiger partial charge >= 0.3 is 5.97 Å². The molecule has 1 saturated carbocycles. The van der Waals surface area contributed by atoms with Gasteiger partial charge in [-0.25, -0.2) is 0 Å². The standard InChI is InChI=1S/C28H43NO5/c1-18(2)22(17-30)29-25(32-6)24-20(13-16-34-24)10-11-21-19(3)9-12-23-27(21,4)14-8-15-28(23,5)26(31)33-7/h13,16-18,22-23,25,29H,8-12,14-15H2,1-7H3/t22?,23-,25?,27-,28+/m1/s1. The maximum absolute atomic E-state index is 12.8. The summed E-state index contributed by atoms with van der Waals surface area (Å²) in [5.74, 6) is 1.10. The van der Waals surface area contributed by atoms with Gasteiger partial charge in [0, 0.05) is 7.11 Å². The Kier molecular flexibility index (Phi) is 8.46. The van der Waals surface area contributed by atoms with Gasteiger partial charge in [-0.1, -0.05) is 38.3 Å². The molecule has 0 aromatic carbocycles. The molecule has 2 aliphatic carbocycles. The molecule has 0 spiro atoms. The Balaban J connectivity index is 1.83. The third-order valence-electron chi connectivity index (χ3n) is 8.70. The highest BCUT2D eigenvalue weighted by Crippen LogP contribution is 2.60. The Morgan fingerprint density at radius 2 is 2.00 bits per heavy atom. The number of hydrogen-bond acceptors (Lipinski definition) is 6. The van der Waals surface area contributed by atoms with Crippen LogP contribution < -0.4 is 5.32 Å². The summed E-state index contributed by atoms with van der Waals surface area (Å²) in [6, 6.07) is 1.69. The van der Waals surface area contributed by atoms with E-state index in [2.05, 4.69) is 26.1 Å². The molecule has 1 N–H and O–H groups in total. The van der Waals surface area contributed by atoms with Gasteiger partial charge in [0.2, 0.25) is 0 Å². The predicted molar refractivity (Wildman–Crippen MR) is 132 cm³/mol. The monoisotopic (exact) mass is 473 g/mol. The maximum atomic E-state index is 12.8. The number of carbonyl (C=O) groups excluding carboxylic acids is 2. The predicted octanol–water partition coefficient (Wildman–Crippen LogP) is 5.77. The number of aldehydes is 1. The molecule has 2 aliphatic rings. The van der Waals surface area contributed by atoms with Gasteiger partial charge in [-0.2, -0.15) is 0 Å². The first-order valence-electron chi connectivity index (χ1n) is 12.7.